The van der Waals surface area contributed by atoms with Crippen molar-refractivity contribution in [2.24, 2.45) is 0 Å². The largest absolute Gasteiger partial charge is 0.489 e. The molecule has 2 aromatic rings. The third-order valence-corrected chi connectivity index (χ3v) is 4.74. The molecule has 0 heterocycles. The van der Waals surface area contributed by atoms with Gasteiger partial charge in [0.15, 0.2) is 0 Å². The maximum Gasteiger partial charge on any atom is 0.124 e. The molecule has 0 fully saturated rings. The second kappa shape index (κ2) is 11.4. The van der Waals surface area contributed by atoms with E-state index in [1.807, 2.05) is 42.5 Å². The van der Waals surface area contributed by atoms with Gasteiger partial charge in [0, 0.05) is 27.7 Å². The molecule has 0 atom stereocenters. The topological polar surface area (TPSA) is 21.3 Å². The molecule has 0 saturated carbocycles. The predicted molar refractivity (Wildman–Crippen MR) is 108 cm³/mol. The highest BCUT2D eigenvalue weighted by Gasteiger charge is 2.07. The first kappa shape index (κ1) is 20.1. The highest BCUT2D eigenvalue weighted by molar-refractivity contribution is 6.31. The molecule has 136 valence electrons. The second-order valence-electron chi connectivity index (χ2n) is 6.22. The Morgan fingerprint density at radius 2 is 1.72 bits per heavy atom. The fourth-order valence-electron chi connectivity index (χ4n) is 2.67. The van der Waals surface area contributed by atoms with E-state index in [9.17, 15) is 0 Å². The molecule has 2 aromatic carbocycles. The third kappa shape index (κ3) is 7.27. The summed E-state index contributed by atoms with van der Waals surface area (Å²) < 4.78 is 5.99. The zero-order valence-electron chi connectivity index (χ0n) is 14.9. The first-order chi connectivity index (χ1) is 12.2. The Morgan fingerprint density at radius 1 is 0.920 bits per heavy atom. The minimum atomic E-state index is 0.450. The molecule has 0 aliphatic carbocycles. The van der Waals surface area contributed by atoms with Crippen LogP contribution in [0.15, 0.2) is 42.5 Å². The van der Waals surface area contributed by atoms with Crippen molar-refractivity contribution < 1.29 is 4.74 Å². The Kier molecular flexibility index (Phi) is 9.17. The first-order valence-electron chi connectivity index (χ1n) is 9.06. The third-order valence-electron chi connectivity index (χ3n) is 4.14. The van der Waals surface area contributed by atoms with E-state index >= 15 is 0 Å². The van der Waals surface area contributed by atoms with Crippen molar-refractivity contribution in [1.82, 2.24) is 5.32 Å². The Hall–Kier alpha value is -1.22. The van der Waals surface area contributed by atoms with Gasteiger partial charge in [-0.2, -0.15) is 0 Å². The quantitative estimate of drug-likeness (QED) is 0.442. The lowest BCUT2D eigenvalue weighted by molar-refractivity contribution is 0.302. The molecule has 4 heteroatoms. The van der Waals surface area contributed by atoms with Gasteiger partial charge in [0.2, 0.25) is 0 Å². The number of rotatable bonds is 11. The van der Waals surface area contributed by atoms with E-state index in [1.165, 1.54) is 32.1 Å². The summed E-state index contributed by atoms with van der Waals surface area (Å²) in [6.45, 7) is 4.46. The van der Waals surface area contributed by atoms with Crippen molar-refractivity contribution in [3.8, 4) is 5.75 Å². The minimum Gasteiger partial charge on any atom is -0.489 e. The molecule has 0 spiro atoms. The van der Waals surface area contributed by atoms with Gasteiger partial charge in [-0.15, -0.1) is 0 Å². The summed E-state index contributed by atoms with van der Waals surface area (Å²) in [5.74, 6) is 0.850. The zero-order valence-corrected chi connectivity index (χ0v) is 16.4. The summed E-state index contributed by atoms with van der Waals surface area (Å²) in [4.78, 5) is 0. The van der Waals surface area contributed by atoms with Crippen LogP contribution >= 0.6 is 23.2 Å². The van der Waals surface area contributed by atoms with E-state index in [-0.39, 0.29) is 0 Å². The number of unbranched alkanes of at least 4 members (excludes halogenated alkanes) is 4. The Morgan fingerprint density at radius 3 is 2.52 bits per heavy atom. The van der Waals surface area contributed by atoms with Crippen LogP contribution in [0.25, 0.3) is 0 Å². The van der Waals surface area contributed by atoms with Crippen LogP contribution in [0.1, 0.15) is 50.2 Å². The zero-order chi connectivity index (χ0) is 17.9. The van der Waals surface area contributed by atoms with Crippen LogP contribution in [0.5, 0.6) is 5.75 Å². The number of halogens is 2. The summed E-state index contributed by atoms with van der Waals surface area (Å²) >= 11 is 12.3. The average molecular weight is 380 g/mol. The lowest BCUT2D eigenvalue weighted by Crippen LogP contribution is -2.15. The smallest absolute Gasteiger partial charge is 0.124 e. The van der Waals surface area contributed by atoms with Crippen molar-refractivity contribution >= 4 is 23.2 Å². The summed E-state index contributed by atoms with van der Waals surface area (Å²) in [7, 11) is 0. The fraction of sp³-hybridized carbons (Fsp3) is 0.429. The molecule has 0 aromatic heterocycles. The van der Waals surface area contributed by atoms with Crippen molar-refractivity contribution in [3.05, 3.63) is 63.6 Å². The van der Waals surface area contributed by atoms with Gasteiger partial charge in [-0.05, 0) is 37.2 Å². The number of benzene rings is 2. The van der Waals surface area contributed by atoms with E-state index in [0.29, 0.717) is 6.61 Å². The van der Waals surface area contributed by atoms with Crippen LogP contribution in [0.2, 0.25) is 10.0 Å². The lowest BCUT2D eigenvalue weighted by atomic mass is 10.1. The number of nitrogens with one attached hydrogen (secondary N) is 1. The summed E-state index contributed by atoms with van der Waals surface area (Å²) in [6, 6.07) is 13.5. The number of hydrogen-bond donors (Lipinski definition) is 1. The summed E-state index contributed by atoms with van der Waals surface area (Å²) in [5, 5.41) is 4.94. The SMILES string of the molecule is CCCCCCCNCc1cc(Cl)ccc1OCc1ccccc1Cl. The molecular formula is C21H27Cl2NO. The van der Waals surface area contributed by atoms with Crippen molar-refractivity contribution in [2.45, 2.75) is 52.2 Å². The van der Waals surface area contributed by atoms with E-state index in [4.69, 9.17) is 27.9 Å². The van der Waals surface area contributed by atoms with Crippen LogP contribution < -0.4 is 10.1 Å². The summed E-state index contributed by atoms with van der Waals surface area (Å²) in [6.07, 6.45) is 6.42. The van der Waals surface area contributed by atoms with Crippen LogP contribution in [0.4, 0.5) is 0 Å². The van der Waals surface area contributed by atoms with Gasteiger partial charge in [0.1, 0.15) is 12.4 Å². The maximum absolute atomic E-state index is 6.20. The molecule has 2 rings (SSSR count). The lowest BCUT2D eigenvalue weighted by Gasteiger charge is -2.13. The summed E-state index contributed by atoms with van der Waals surface area (Å²) in [5.41, 5.74) is 2.06. The number of hydrogen-bond acceptors (Lipinski definition) is 2. The molecule has 2 nitrogen and oxygen atoms in total. The minimum absolute atomic E-state index is 0.450. The van der Waals surface area contributed by atoms with Gasteiger partial charge in [-0.25, -0.2) is 0 Å². The monoisotopic (exact) mass is 379 g/mol. The molecular weight excluding hydrogens is 353 g/mol. The first-order valence-corrected chi connectivity index (χ1v) is 9.81. The molecule has 0 aliphatic rings. The van der Waals surface area contributed by atoms with Crippen LogP contribution in [0, 0.1) is 0 Å². The van der Waals surface area contributed by atoms with Gasteiger partial charge in [-0.1, -0.05) is 74.0 Å². The molecule has 0 aliphatic heterocycles. The Balaban J connectivity index is 1.85. The molecule has 1 N–H and O–H groups in total. The highest BCUT2D eigenvalue weighted by atomic mass is 35.5. The normalized spacial score (nSPS) is 10.8. The maximum atomic E-state index is 6.20. The standard InChI is InChI=1S/C21H27Cl2NO/c1-2-3-4-5-8-13-24-15-18-14-19(22)11-12-21(18)25-16-17-9-6-7-10-20(17)23/h6-7,9-12,14,24H,2-5,8,13,15-16H2,1H3. The average Bonchev–Trinajstić information content (AvgIpc) is 2.61. The van der Waals surface area contributed by atoms with Gasteiger partial charge < -0.3 is 10.1 Å². The van der Waals surface area contributed by atoms with Crippen LogP contribution in [-0.4, -0.2) is 6.54 Å². The van der Waals surface area contributed by atoms with E-state index in [1.54, 1.807) is 0 Å². The Labute approximate surface area is 161 Å². The molecule has 0 unspecified atom stereocenters. The van der Waals surface area contributed by atoms with E-state index in [2.05, 4.69) is 12.2 Å². The molecule has 0 bridgehead atoms. The van der Waals surface area contributed by atoms with Gasteiger partial charge in [-0.3, -0.25) is 0 Å². The van der Waals surface area contributed by atoms with Gasteiger partial charge >= 0.3 is 0 Å². The molecule has 0 radical (unpaired) electrons. The van der Waals surface area contributed by atoms with E-state index in [0.717, 1.165) is 40.0 Å². The Bertz CT molecular complexity index is 646. The van der Waals surface area contributed by atoms with Crippen molar-refractivity contribution in [1.29, 1.82) is 0 Å². The van der Waals surface area contributed by atoms with Crippen molar-refractivity contribution in [3.63, 3.8) is 0 Å². The molecule has 25 heavy (non-hydrogen) atoms. The van der Waals surface area contributed by atoms with Crippen LogP contribution in [-0.2, 0) is 13.2 Å². The molecule has 0 saturated heterocycles. The highest BCUT2D eigenvalue weighted by Crippen LogP contribution is 2.25. The van der Waals surface area contributed by atoms with Crippen LogP contribution in [0.3, 0.4) is 0 Å². The van der Waals surface area contributed by atoms with Gasteiger partial charge in [0.25, 0.3) is 0 Å². The predicted octanol–water partition coefficient (Wildman–Crippen LogP) is 6.63. The van der Waals surface area contributed by atoms with Crippen molar-refractivity contribution in [2.75, 3.05) is 6.54 Å². The molecule has 0 amide bonds. The van der Waals surface area contributed by atoms with Gasteiger partial charge in [0.05, 0.1) is 0 Å². The second-order valence-corrected chi connectivity index (χ2v) is 7.07. The number of ether oxygens (including phenoxy) is 1. The fourth-order valence-corrected chi connectivity index (χ4v) is 3.06. The van der Waals surface area contributed by atoms with E-state index < -0.39 is 0 Å².